The Morgan fingerprint density at radius 1 is 1.09 bits per heavy atom. The number of amides is 1. The molecule has 3 rings (SSSR count). The van der Waals surface area contributed by atoms with E-state index in [1.165, 1.54) is 19.4 Å². The first-order valence-electron chi connectivity index (χ1n) is 8.98. The first-order valence-corrected chi connectivity index (χ1v) is 8.98. The van der Waals surface area contributed by atoms with E-state index in [1.54, 1.807) is 0 Å². The van der Waals surface area contributed by atoms with Crippen molar-refractivity contribution >= 4 is 5.91 Å². The van der Waals surface area contributed by atoms with Crippen LogP contribution in [0.1, 0.15) is 44.9 Å². The van der Waals surface area contributed by atoms with E-state index < -0.39 is 5.60 Å². The highest BCUT2D eigenvalue weighted by Gasteiger charge is 2.36. The Hall–Kier alpha value is -0.650. The average molecular weight is 309 g/mol. The molecule has 126 valence electrons. The molecule has 1 unspecified atom stereocenters. The van der Waals surface area contributed by atoms with Crippen molar-refractivity contribution in [2.75, 3.05) is 46.3 Å². The minimum absolute atomic E-state index is 0.157. The lowest BCUT2D eigenvalue weighted by Crippen LogP contribution is -2.56. The van der Waals surface area contributed by atoms with Gasteiger partial charge >= 0.3 is 0 Å². The molecule has 0 aromatic rings. The molecule has 0 aromatic heterocycles. The fourth-order valence-corrected chi connectivity index (χ4v) is 4.38. The van der Waals surface area contributed by atoms with Gasteiger partial charge in [0.2, 0.25) is 5.91 Å². The molecular formula is C17H31N3O2. The Balaban J connectivity index is 1.46. The summed E-state index contributed by atoms with van der Waals surface area (Å²) in [6, 6.07) is 0.662. The number of likely N-dealkylation sites (N-methyl/N-ethyl adjacent to an activating group) is 1. The van der Waals surface area contributed by atoms with E-state index in [2.05, 4.69) is 16.8 Å². The van der Waals surface area contributed by atoms with Gasteiger partial charge in [-0.25, -0.2) is 0 Å². The van der Waals surface area contributed by atoms with Gasteiger partial charge in [-0.05, 0) is 39.3 Å². The summed E-state index contributed by atoms with van der Waals surface area (Å²) in [6.45, 7) is 6.01. The number of hydrogen-bond donors (Lipinski definition) is 1. The lowest BCUT2D eigenvalue weighted by molar-refractivity contribution is -0.138. The van der Waals surface area contributed by atoms with E-state index in [0.717, 1.165) is 58.4 Å². The van der Waals surface area contributed by atoms with Crippen molar-refractivity contribution < 1.29 is 9.90 Å². The maximum Gasteiger partial charge on any atom is 0.225 e. The van der Waals surface area contributed by atoms with Crippen molar-refractivity contribution in [2.24, 2.45) is 0 Å². The maximum atomic E-state index is 12.4. The first-order chi connectivity index (χ1) is 10.6. The number of rotatable bonds is 3. The zero-order valence-electron chi connectivity index (χ0n) is 14.0. The Morgan fingerprint density at radius 2 is 1.77 bits per heavy atom. The minimum atomic E-state index is -0.708. The summed E-state index contributed by atoms with van der Waals surface area (Å²) in [5.74, 6) is 0.157. The Morgan fingerprint density at radius 3 is 2.41 bits per heavy atom. The molecule has 1 N–H and O–H groups in total. The van der Waals surface area contributed by atoms with Gasteiger partial charge in [0.25, 0.3) is 0 Å². The smallest absolute Gasteiger partial charge is 0.225 e. The number of hydrogen-bond acceptors (Lipinski definition) is 4. The van der Waals surface area contributed by atoms with Crippen molar-refractivity contribution in [3.8, 4) is 0 Å². The van der Waals surface area contributed by atoms with Crippen LogP contribution >= 0.6 is 0 Å². The van der Waals surface area contributed by atoms with Crippen LogP contribution in [0.25, 0.3) is 0 Å². The van der Waals surface area contributed by atoms with Gasteiger partial charge in [0.05, 0.1) is 12.0 Å². The number of piperidine rings is 1. The maximum absolute atomic E-state index is 12.4. The van der Waals surface area contributed by atoms with Gasteiger partial charge in [0, 0.05) is 38.8 Å². The molecule has 2 saturated heterocycles. The van der Waals surface area contributed by atoms with E-state index in [0.29, 0.717) is 12.5 Å². The number of carbonyl (C=O) groups excluding carboxylic acids is 1. The van der Waals surface area contributed by atoms with Gasteiger partial charge in [-0.15, -0.1) is 0 Å². The molecule has 0 radical (unpaired) electrons. The monoisotopic (exact) mass is 309 g/mol. The second kappa shape index (κ2) is 6.85. The number of nitrogens with zero attached hydrogens (tertiary/aromatic N) is 3. The van der Waals surface area contributed by atoms with Crippen LogP contribution in [-0.4, -0.2) is 83.7 Å². The highest BCUT2D eigenvalue weighted by Crippen LogP contribution is 2.33. The fraction of sp³-hybridized carbons (Fsp3) is 0.941. The summed E-state index contributed by atoms with van der Waals surface area (Å²) in [6.07, 6.45) is 6.63. The molecule has 1 aliphatic carbocycles. The molecule has 22 heavy (non-hydrogen) atoms. The Labute approximate surface area is 134 Å². The van der Waals surface area contributed by atoms with Crippen molar-refractivity contribution in [1.29, 1.82) is 0 Å². The predicted molar refractivity (Wildman–Crippen MR) is 86.7 cm³/mol. The highest BCUT2D eigenvalue weighted by atomic mass is 16.3. The summed E-state index contributed by atoms with van der Waals surface area (Å²) in [5.41, 5.74) is -0.708. The fourth-order valence-electron chi connectivity index (χ4n) is 4.38. The SMILES string of the molecule is CN1CCCC(N2CCN(C(=O)CC3(O)CCCC3)CC2)C1. The molecular weight excluding hydrogens is 278 g/mol. The van der Waals surface area contributed by atoms with Crippen LogP contribution in [0.2, 0.25) is 0 Å². The summed E-state index contributed by atoms with van der Waals surface area (Å²) >= 11 is 0. The van der Waals surface area contributed by atoms with E-state index in [-0.39, 0.29) is 5.91 Å². The molecule has 2 heterocycles. The van der Waals surface area contributed by atoms with E-state index in [1.807, 2.05) is 4.90 Å². The second-order valence-electron chi connectivity index (χ2n) is 7.58. The zero-order chi connectivity index (χ0) is 15.6. The lowest BCUT2D eigenvalue weighted by Gasteiger charge is -2.43. The third-order valence-electron chi connectivity index (χ3n) is 5.80. The molecule has 1 atom stereocenters. The largest absolute Gasteiger partial charge is 0.389 e. The molecule has 5 heteroatoms. The van der Waals surface area contributed by atoms with Gasteiger partial charge in [-0.3, -0.25) is 9.69 Å². The Bertz CT molecular complexity index is 387. The minimum Gasteiger partial charge on any atom is -0.389 e. The second-order valence-corrected chi connectivity index (χ2v) is 7.58. The van der Waals surface area contributed by atoms with E-state index in [9.17, 15) is 9.90 Å². The van der Waals surface area contributed by atoms with Gasteiger partial charge in [-0.2, -0.15) is 0 Å². The van der Waals surface area contributed by atoms with Crippen LogP contribution < -0.4 is 0 Å². The number of likely N-dealkylation sites (tertiary alicyclic amines) is 1. The van der Waals surface area contributed by atoms with Crippen LogP contribution in [0.15, 0.2) is 0 Å². The van der Waals surface area contributed by atoms with Gasteiger partial charge in [0.1, 0.15) is 0 Å². The van der Waals surface area contributed by atoms with Gasteiger partial charge < -0.3 is 14.9 Å². The van der Waals surface area contributed by atoms with Crippen LogP contribution in [0, 0.1) is 0 Å². The average Bonchev–Trinajstić information content (AvgIpc) is 2.93. The van der Waals surface area contributed by atoms with Crippen LogP contribution in [0.4, 0.5) is 0 Å². The molecule has 0 aromatic carbocycles. The first kappa shape index (κ1) is 16.2. The topological polar surface area (TPSA) is 47.0 Å². The zero-order valence-corrected chi connectivity index (χ0v) is 14.0. The molecule has 0 spiro atoms. The quantitative estimate of drug-likeness (QED) is 0.842. The van der Waals surface area contributed by atoms with Crippen molar-refractivity contribution in [3.05, 3.63) is 0 Å². The van der Waals surface area contributed by atoms with Crippen molar-refractivity contribution in [1.82, 2.24) is 14.7 Å². The summed E-state index contributed by atoms with van der Waals surface area (Å²) in [5, 5.41) is 10.4. The van der Waals surface area contributed by atoms with E-state index >= 15 is 0 Å². The van der Waals surface area contributed by atoms with E-state index in [4.69, 9.17) is 0 Å². The molecule has 5 nitrogen and oxygen atoms in total. The molecule has 0 bridgehead atoms. The van der Waals surface area contributed by atoms with Crippen molar-refractivity contribution in [3.63, 3.8) is 0 Å². The molecule has 3 fully saturated rings. The van der Waals surface area contributed by atoms with Gasteiger partial charge in [-0.1, -0.05) is 12.8 Å². The van der Waals surface area contributed by atoms with Crippen LogP contribution in [0.3, 0.4) is 0 Å². The van der Waals surface area contributed by atoms with Crippen molar-refractivity contribution in [2.45, 2.75) is 56.6 Å². The number of piperazine rings is 1. The molecule has 1 saturated carbocycles. The van der Waals surface area contributed by atoms with Crippen LogP contribution in [-0.2, 0) is 4.79 Å². The lowest BCUT2D eigenvalue weighted by atomic mass is 9.97. The summed E-state index contributed by atoms with van der Waals surface area (Å²) < 4.78 is 0. The highest BCUT2D eigenvalue weighted by molar-refractivity contribution is 5.77. The molecule has 1 amide bonds. The third-order valence-corrected chi connectivity index (χ3v) is 5.80. The predicted octanol–water partition coefficient (Wildman–Crippen LogP) is 0.920. The molecule has 2 aliphatic heterocycles. The Kier molecular flexibility index (Phi) is 5.05. The summed E-state index contributed by atoms with van der Waals surface area (Å²) in [7, 11) is 2.20. The van der Waals surface area contributed by atoms with Crippen LogP contribution in [0.5, 0.6) is 0 Å². The number of carbonyl (C=O) groups is 1. The molecule has 3 aliphatic rings. The number of aliphatic hydroxyl groups is 1. The van der Waals surface area contributed by atoms with Gasteiger partial charge in [0.15, 0.2) is 0 Å². The third kappa shape index (κ3) is 3.81. The normalized spacial score (nSPS) is 30.6. The summed E-state index contributed by atoms with van der Waals surface area (Å²) in [4.78, 5) is 19.4. The standard InChI is InChI=1S/C17H31N3O2/c1-18-8-4-5-15(14-18)19-9-11-20(12-10-19)16(21)13-17(22)6-2-3-7-17/h15,22H,2-14H2,1H3.